The van der Waals surface area contributed by atoms with Gasteiger partial charge in [-0.3, -0.25) is 14.4 Å². The van der Waals surface area contributed by atoms with Gasteiger partial charge in [0.25, 0.3) is 0 Å². The zero-order valence-corrected chi connectivity index (χ0v) is 8.96. The molecule has 0 fully saturated rings. The van der Waals surface area contributed by atoms with Gasteiger partial charge in [-0.05, 0) is 37.5 Å². The minimum atomic E-state index is 0.435. The number of aldehydes is 3. The van der Waals surface area contributed by atoms with Crippen molar-refractivity contribution < 1.29 is 14.4 Å². The fourth-order valence-electron chi connectivity index (χ4n) is 1.81. The first-order chi connectivity index (χ1) is 7.08. The second-order valence-corrected chi connectivity index (χ2v) is 3.47. The SMILES string of the molecule is Cc1c(C=O)c(C)c(C=O)c(C)c1C=O. The quantitative estimate of drug-likeness (QED) is 0.708. The molecule has 0 amide bonds. The third kappa shape index (κ3) is 1.61. The smallest absolute Gasteiger partial charge is 0.150 e. The van der Waals surface area contributed by atoms with Gasteiger partial charge in [-0.2, -0.15) is 0 Å². The number of hydrogen-bond acceptors (Lipinski definition) is 3. The van der Waals surface area contributed by atoms with Crippen molar-refractivity contribution in [3.8, 4) is 0 Å². The Labute approximate surface area is 88.1 Å². The maximum Gasteiger partial charge on any atom is 0.150 e. The van der Waals surface area contributed by atoms with E-state index in [-0.39, 0.29) is 0 Å². The Balaban J connectivity index is 3.79. The van der Waals surface area contributed by atoms with Crippen LogP contribution in [0.5, 0.6) is 0 Å². The van der Waals surface area contributed by atoms with Gasteiger partial charge in [-0.25, -0.2) is 0 Å². The van der Waals surface area contributed by atoms with Gasteiger partial charge in [0.15, 0.2) is 18.9 Å². The Hall–Kier alpha value is -1.77. The molecule has 0 unspecified atom stereocenters. The Morgan fingerprint density at radius 2 is 0.800 bits per heavy atom. The van der Waals surface area contributed by atoms with Gasteiger partial charge in [-0.1, -0.05) is 0 Å². The summed E-state index contributed by atoms with van der Waals surface area (Å²) in [6.45, 7) is 5.13. The summed E-state index contributed by atoms with van der Waals surface area (Å²) in [6, 6.07) is 0. The predicted molar refractivity (Wildman–Crippen MR) is 56.8 cm³/mol. The molecule has 0 bridgehead atoms. The molecule has 78 valence electrons. The zero-order chi connectivity index (χ0) is 11.6. The van der Waals surface area contributed by atoms with Crippen LogP contribution in [0.3, 0.4) is 0 Å². The van der Waals surface area contributed by atoms with E-state index in [0.717, 1.165) is 0 Å². The molecule has 0 heterocycles. The van der Waals surface area contributed by atoms with Crippen LogP contribution in [0.2, 0.25) is 0 Å². The van der Waals surface area contributed by atoms with Crippen molar-refractivity contribution in [3.63, 3.8) is 0 Å². The molecule has 3 nitrogen and oxygen atoms in total. The van der Waals surface area contributed by atoms with Crippen LogP contribution < -0.4 is 0 Å². The van der Waals surface area contributed by atoms with Gasteiger partial charge in [0.1, 0.15) is 0 Å². The van der Waals surface area contributed by atoms with Gasteiger partial charge in [0.2, 0.25) is 0 Å². The molecular formula is C12H12O3. The van der Waals surface area contributed by atoms with E-state index in [0.29, 0.717) is 52.2 Å². The third-order valence-electron chi connectivity index (χ3n) is 2.78. The van der Waals surface area contributed by atoms with Gasteiger partial charge in [0, 0.05) is 16.7 Å². The molecule has 1 aromatic rings. The summed E-state index contributed by atoms with van der Waals surface area (Å²) in [5.74, 6) is 0. The maximum absolute atomic E-state index is 10.9. The molecule has 1 rings (SSSR count). The number of rotatable bonds is 3. The van der Waals surface area contributed by atoms with Crippen LogP contribution in [0.25, 0.3) is 0 Å². The van der Waals surface area contributed by atoms with Gasteiger partial charge < -0.3 is 0 Å². The van der Waals surface area contributed by atoms with Crippen LogP contribution in [0, 0.1) is 20.8 Å². The van der Waals surface area contributed by atoms with Crippen molar-refractivity contribution in [1.29, 1.82) is 0 Å². The van der Waals surface area contributed by atoms with Crippen LogP contribution in [-0.2, 0) is 0 Å². The minimum Gasteiger partial charge on any atom is -0.298 e. The summed E-state index contributed by atoms with van der Waals surface area (Å²) in [6.07, 6.45) is 2.05. The highest BCUT2D eigenvalue weighted by Crippen LogP contribution is 2.23. The molecule has 0 aromatic heterocycles. The van der Waals surface area contributed by atoms with Crippen molar-refractivity contribution in [3.05, 3.63) is 33.4 Å². The molecular weight excluding hydrogens is 192 g/mol. The number of hydrogen-bond donors (Lipinski definition) is 0. The lowest BCUT2D eigenvalue weighted by Crippen LogP contribution is -2.05. The maximum atomic E-state index is 10.9. The van der Waals surface area contributed by atoms with Crippen LogP contribution in [0.15, 0.2) is 0 Å². The average molecular weight is 204 g/mol. The fraction of sp³-hybridized carbons (Fsp3) is 0.250. The second kappa shape index (κ2) is 4.17. The zero-order valence-electron chi connectivity index (χ0n) is 8.96. The second-order valence-electron chi connectivity index (χ2n) is 3.47. The number of carbonyl (C=O) groups is 3. The molecule has 0 saturated heterocycles. The number of benzene rings is 1. The van der Waals surface area contributed by atoms with E-state index < -0.39 is 0 Å². The highest BCUT2D eigenvalue weighted by atomic mass is 16.1. The Kier molecular flexibility index (Phi) is 3.14. The summed E-state index contributed by atoms with van der Waals surface area (Å²) < 4.78 is 0. The first-order valence-corrected chi connectivity index (χ1v) is 4.57. The van der Waals surface area contributed by atoms with E-state index >= 15 is 0 Å². The lowest BCUT2D eigenvalue weighted by atomic mass is 9.90. The topological polar surface area (TPSA) is 51.2 Å². The standard InChI is InChI=1S/C12H12O3/c1-7-10(4-13)8(2)12(6-15)9(3)11(7)5-14/h4-6H,1-3H3. The molecule has 15 heavy (non-hydrogen) atoms. The van der Waals surface area contributed by atoms with E-state index in [4.69, 9.17) is 0 Å². The highest BCUT2D eigenvalue weighted by Gasteiger charge is 2.15. The van der Waals surface area contributed by atoms with Crippen molar-refractivity contribution in [1.82, 2.24) is 0 Å². The van der Waals surface area contributed by atoms with Crippen molar-refractivity contribution in [2.75, 3.05) is 0 Å². The third-order valence-corrected chi connectivity index (χ3v) is 2.78. The summed E-state index contributed by atoms with van der Waals surface area (Å²) in [7, 11) is 0. The van der Waals surface area contributed by atoms with E-state index in [1.165, 1.54) is 0 Å². The molecule has 0 atom stereocenters. The first kappa shape index (κ1) is 11.3. The van der Waals surface area contributed by atoms with Crippen molar-refractivity contribution >= 4 is 18.9 Å². The molecule has 1 aromatic carbocycles. The van der Waals surface area contributed by atoms with E-state index in [1.807, 2.05) is 0 Å². The molecule has 0 saturated carbocycles. The average Bonchev–Trinajstić information content (AvgIpc) is 2.19. The first-order valence-electron chi connectivity index (χ1n) is 4.57. The Bertz CT molecular complexity index is 357. The van der Waals surface area contributed by atoms with Gasteiger partial charge in [-0.15, -0.1) is 0 Å². The fourth-order valence-corrected chi connectivity index (χ4v) is 1.81. The summed E-state index contributed by atoms with van der Waals surface area (Å²) in [5.41, 5.74) is 3.22. The van der Waals surface area contributed by atoms with Crippen LogP contribution in [0.4, 0.5) is 0 Å². The van der Waals surface area contributed by atoms with E-state index in [1.54, 1.807) is 20.8 Å². The Morgan fingerprint density at radius 3 is 0.933 bits per heavy atom. The van der Waals surface area contributed by atoms with Crippen molar-refractivity contribution in [2.45, 2.75) is 20.8 Å². The normalized spacial score (nSPS) is 9.80. The van der Waals surface area contributed by atoms with Crippen LogP contribution in [-0.4, -0.2) is 18.9 Å². The number of carbonyl (C=O) groups excluding carboxylic acids is 3. The van der Waals surface area contributed by atoms with Gasteiger partial charge >= 0.3 is 0 Å². The van der Waals surface area contributed by atoms with Gasteiger partial charge in [0.05, 0.1) is 0 Å². The predicted octanol–water partition coefficient (Wildman–Crippen LogP) is 2.05. The van der Waals surface area contributed by atoms with Crippen LogP contribution in [0.1, 0.15) is 47.8 Å². The highest BCUT2D eigenvalue weighted by molar-refractivity contribution is 5.95. The van der Waals surface area contributed by atoms with Crippen LogP contribution >= 0.6 is 0 Å². The summed E-state index contributed by atoms with van der Waals surface area (Å²) >= 11 is 0. The van der Waals surface area contributed by atoms with Crippen molar-refractivity contribution in [2.24, 2.45) is 0 Å². The molecule has 3 heteroatoms. The Morgan fingerprint density at radius 1 is 0.600 bits per heavy atom. The summed E-state index contributed by atoms with van der Waals surface area (Å²) in [5, 5.41) is 0. The monoisotopic (exact) mass is 204 g/mol. The van der Waals surface area contributed by atoms with E-state index in [2.05, 4.69) is 0 Å². The minimum absolute atomic E-state index is 0.435. The lowest BCUT2D eigenvalue weighted by molar-refractivity contribution is 0.112. The molecule has 0 aliphatic heterocycles. The van der Waals surface area contributed by atoms with E-state index in [9.17, 15) is 14.4 Å². The molecule has 0 spiro atoms. The molecule has 0 N–H and O–H groups in total. The largest absolute Gasteiger partial charge is 0.298 e. The lowest BCUT2D eigenvalue weighted by Gasteiger charge is -2.12. The molecule has 0 aliphatic rings. The summed E-state index contributed by atoms with van der Waals surface area (Å²) in [4.78, 5) is 32.6. The molecule has 0 radical (unpaired) electrons. The molecule has 0 aliphatic carbocycles.